The normalized spacial score (nSPS) is 12.5. The summed E-state index contributed by atoms with van der Waals surface area (Å²) < 4.78 is 41.8. The number of fused-ring (bicyclic) bond motifs is 2. The van der Waals surface area contributed by atoms with Crippen molar-refractivity contribution in [3.8, 4) is 5.75 Å². The molecule has 0 aliphatic carbocycles. The summed E-state index contributed by atoms with van der Waals surface area (Å²) in [6, 6.07) is 18.5. The van der Waals surface area contributed by atoms with E-state index in [-0.39, 0.29) is 17.4 Å². The molecule has 1 atom stereocenters. The van der Waals surface area contributed by atoms with Crippen LogP contribution in [-0.4, -0.2) is 52.2 Å². The van der Waals surface area contributed by atoms with Crippen LogP contribution in [0.5, 0.6) is 5.75 Å². The smallest absolute Gasteiger partial charge is 0.282 e. The van der Waals surface area contributed by atoms with Gasteiger partial charge in [-0.1, -0.05) is 35.7 Å². The van der Waals surface area contributed by atoms with E-state index in [0.717, 1.165) is 55.7 Å². The van der Waals surface area contributed by atoms with Gasteiger partial charge >= 0.3 is 150 Å². The van der Waals surface area contributed by atoms with Crippen LogP contribution in [0, 0.1) is 20.8 Å². The Hall–Kier alpha value is -4.23. The molecule has 5 aromatic rings. The van der Waals surface area contributed by atoms with E-state index in [2.05, 4.69) is 76.7 Å². The van der Waals surface area contributed by atoms with Gasteiger partial charge in [-0.25, -0.2) is 0 Å². The number of hydrogen-bond donors (Lipinski definition) is 3. The van der Waals surface area contributed by atoms with Crippen LogP contribution in [0.3, 0.4) is 0 Å². The maximum Gasteiger partial charge on any atom is 0.294 e. The van der Waals surface area contributed by atoms with Gasteiger partial charge in [-0.05, 0) is 62.1 Å². The number of benzene rings is 4. The van der Waals surface area contributed by atoms with Gasteiger partial charge in [0.1, 0.15) is 4.70 Å². The second kappa shape index (κ2) is 18.6. The SMILES string of the molecule is C=C(/C=C/c1cc(/C=C/c2sc3c(C)cc(C)cc3[n+]2CCCCC(=O)O)c2ccc(OC(=O)NC(CC)C[Se])cc2c1)Sc1ccc(S(=O)(=O)O)cc1C. The van der Waals surface area contributed by atoms with Crippen molar-refractivity contribution in [1.29, 1.82) is 0 Å². The number of ether oxygens (including phenoxy) is 1. The van der Waals surface area contributed by atoms with Crippen molar-refractivity contribution in [2.45, 2.75) is 81.1 Å². The Balaban J connectivity index is 1.51. The van der Waals surface area contributed by atoms with Crippen LogP contribution in [0.4, 0.5) is 4.79 Å². The van der Waals surface area contributed by atoms with Crippen LogP contribution in [0.25, 0.3) is 39.2 Å². The van der Waals surface area contributed by atoms with Gasteiger partial charge in [0.15, 0.2) is 6.54 Å². The molecule has 0 saturated carbocycles. The molecule has 0 bridgehead atoms. The fourth-order valence-electron chi connectivity index (χ4n) is 6.13. The first-order valence-electron chi connectivity index (χ1n) is 17.8. The topological polar surface area (TPSA) is 134 Å². The minimum absolute atomic E-state index is 0.0293. The molecule has 9 nitrogen and oxygen atoms in total. The summed E-state index contributed by atoms with van der Waals surface area (Å²) in [5.41, 5.74) is 6.00. The van der Waals surface area contributed by atoms with Crippen LogP contribution in [0.1, 0.15) is 65.4 Å². The van der Waals surface area contributed by atoms with E-state index in [0.29, 0.717) is 34.5 Å². The van der Waals surface area contributed by atoms with Gasteiger partial charge in [0.05, 0.1) is 4.90 Å². The number of nitrogens with one attached hydrogen (secondary N) is 1. The third kappa shape index (κ3) is 11.2. The van der Waals surface area contributed by atoms with E-state index in [4.69, 9.17) is 4.74 Å². The van der Waals surface area contributed by atoms with Gasteiger partial charge in [0.25, 0.3) is 15.1 Å². The second-order valence-corrected chi connectivity index (χ2v) is 17.6. The number of unbranched alkanes of at least 4 members (excludes halogenated alkanes) is 1. The van der Waals surface area contributed by atoms with E-state index < -0.39 is 22.2 Å². The second-order valence-electron chi connectivity index (χ2n) is 13.3. The number of thiazole rings is 1. The molecule has 0 saturated heterocycles. The van der Waals surface area contributed by atoms with Crippen molar-refractivity contribution in [1.82, 2.24) is 5.32 Å². The Labute approximate surface area is 338 Å². The Morgan fingerprint density at radius 2 is 1.80 bits per heavy atom. The monoisotopic (exact) mass is 864 g/mol. The van der Waals surface area contributed by atoms with Crippen molar-refractivity contribution in [3.63, 3.8) is 0 Å². The van der Waals surface area contributed by atoms with Crippen LogP contribution < -0.4 is 14.6 Å². The number of hydrogen-bond acceptors (Lipinski definition) is 7. The number of nitrogens with zero attached hydrogens (tertiary/aromatic N) is 1. The predicted octanol–water partition coefficient (Wildman–Crippen LogP) is 9.71. The van der Waals surface area contributed by atoms with Gasteiger partial charge in [-0.15, -0.1) is 0 Å². The Bertz CT molecular complexity index is 2430. The number of thioether (sulfide) groups is 1. The molecule has 0 fully saturated rings. The van der Waals surface area contributed by atoms with E-state index >= 15 is 0 Å². The molecular weight excluding hydrogens is 820 g/mol. The molecule has 4 aromatic carbocycles. The minimum Gasteiger partial charge on any atom is -0.282 e. The van der Waals surface area contributed by atoms with Gasteiger partial charge in [0, 0.05) is 28.7 Å². The van der Waals surface area contributed by atoms with Crippen molar-refractivity contribution < 1.29 is 37.0 Å². The zero-order chi connectivity index (χ0) is 39.9. The summed E-state index contributed by atoms with van der Waals surface area (Å²) >= 11 is 6.05. The Morgan fingerprint density at radius 3 is 2.49 bits per heavy atom. The third-order valence-corrected chi connectivity index (χ3v) is 13.0. The number of aliphatic carboxylic acids is 1. The van der Waals surface area contributed by atoms with Crippen LogP contribution in [0.2, 0.25) is 5.32 Å². The third-order valence-electron chi connectivity index (χ3n) is 8.94. The van der Waals surface area contributed by atoms with E-state index in [1.54, 1.807) is 30.4 Å². The van der Waals surface area contributed by atoms with E-state index in [1.807, 2.05) is 37.3 Å². The minimum atomic E-state index is -4.30. The predicted molar refractivity (Wildman–Crippen MR) is 225 cm³/mol. The number of rotatable bonds is 16. The number of carbonyl (C=O) groups is 2. The molecule has 0 spiro atoms. The van der Waals surface area contributed by atoms with Crippen molar-refractivity contribution >= 4 is 101 Å². The number of aryl methyl sites for hydroxylation is 4. The Kier molecular flexibility index (Phi) is 14.2. The van der Waals surface area contributed by atoms with Gasteiger partial charge in [-0.3, -0.25) is 9.35 Å². The molecule has 55 heavy (non-hydrogen) atoms. The maximum atomic E-state index is 12.7. The fourth-order valence-corrected chi connectivity index (χ4v) is 9.28. The summed E-state index contributed by atoms with van der Waals surface area (Å²) in [4.78, 5) is 25.3. The Morgan fingerprint density at radius 1 is 1.02 bits per heavy atom. The number of allylic oxidation sites excluding steroid dienone is 1. The molecule has 3 N–H and O–H groups in total. The molecule has 1 radical (unpaired) electrons. The van der Waals surface area contributed by atoms with E-state index in [9.17, 15) is 27.7 Å². The average Bonchev–Trinajstić information content (AvgIpc) is 3.47. The quantitative estimate of drug-likeness (QED) is 0.0223. The molecule has 0 aliphatic rings. The summed E-state index contributed by atoms with van der Waals surface area (Å²) in [7, 11) is -4.30. The number of carboxylic acids is 1. The van der Waals surface area contributed by atoms with Crippen LogP contribution in [0.15, 0.2) is 88.0 Å². The molecule has 5 rings (SSSR count). The number of amides is 1. The number of carbonyl (C=O) groups excluding carboxylic acids is 1. The molecule has 1 unspecified atom stereocenters. The summed E-state index contributed by atoms with van der Waals surface area (Å²) in [5, 5.41) is 15.6. The van der Waals surface area contributed by atoms with Gasteiger partial charge in [0.2, 0.25) is 5.52 Å². The first-order chi connectivity index (χ1) is 26.1. The fraction of sp³-hybridized carbons (Fsp3) is 0.262. The molecule has 287 valence electrons. The number of aromatic nitrogens is 1. The molecule has 1 heterocycles. The average molecular weight is 864 g/mol. The first kappa shape index (κ1) is 41.9. The first-order valence-corrected chi connectivity index (χ1v) is 22.0. The van der Waals surface area contributed by atoms with Gasteiger partial charge < -0.3 is 5.11 Å². The molecule has 0 aliphatic heterocycles. The standard InChI is InChI=1S/C42H43N2O7S3Se/c1-6-33(25-55)43-42(47)51-34-13-15-36-31(12-17-39-44(18-8-7-9-40(45)46)37-20-26(2)19-28(4)41(37)53-39)22-30(23-32(36)24-34)11-10-29(5)52-38-16-14-35(21-27(38)3)54(48,49)50/h10-17,19-24,33H,5-9,18,25H2,1-4H3,(H2-,43,45,46,47,48,49,50)/p+1/b11-10+,17-12+. The molecule has 1 amide bonds. The zero-order valence-electron chi connectivity index (χ0n) is 31.1. The maximum absolute atomic E-state index is 12.7. The summed E-state index contributed by atoms with van der Waals surface area (Å²) in [6.45, 7) is 12.9. The van der Waals surface area contributed by atoms with Crippen molar-refractivity contribution in [2.24, 2.45) is 0 Å². The van der Waals surface area contributed by atoms with Crippen LogP contribution in [-0.2, 0) is 21.5 Å². The zero-order valence-corrected chi connectivity index (χ0v) is 35.3. The molecule has 1 aromatic heterocycles. The van der Waals surface area contributed by atoms with E-state index in [1.165, 1.54) is 34.2 Å². The number of carboxylic acid groups (broad SMARTS) is 1. The van der Waals surface area contributed by atoms with Gasteiger partial charge in [-0.2, -0.15) is 13.0 Å². The largest absolute Gasteiger partial charge is 0.294 e. The van der Waals surface area contributed by atoms with Crippen molar-refractivity contribution in [3.05, 3.63) is 111 Å². The van der Waals surface area contributed by atoms with Crippen LogP contribution >= 0.6 is 23.1 Å². The molecular formula is C42H44N2O7S3Se+. The summed E-state index contributed by atoms with van der Waals surface area (Å²) in [6.07, 6.45) is 9.73. The van der Waals surface area contributed by atoms with Crippen molar-refractivity contribution in [2.75, 3.05) is 0 Å². The molecule has 13 heteroatoms. The summed E-state index contributed by atoms with van der Waals surface area (Å²) in [5.74, 6) is -0.382.